The maximum Gasteiger partial charge on any atom is 0.0592 e. The first-order chi connectivity index (χ1) is 31.8. The van der Waals surface area contributed by atoms with E-state index in [-0.39, 0.29) is 0 Å². The summed E-state index contributed by atoms with van der Waals surface area (Å²) in [5.41, 5.74) is 12.9. The second kappa shape index (κ2) is 14.5. The highest BCUT2D eigenvalue weighted by molar-refractivity contribution is 8.34. The van der Waals surface area contributed by atoms with E-state index in [1.807, 2.05) is 0 Å². The SMILES string of the molecule is c1ccc(S2(c3ccccc3)c3ccccc3N(c3ccccc3-c3ccccc3-n3c4ccccc4c4cc(-n5c6ccccc6c6ccccc65)ccc43)c3ccccc32)cc1. The van der Waals surface area contributed by atoms with Crippen LogP contribution in [0.1, 0.15) is 0 Å². The molecule has 0 unspecified atom stereocenters. The van der Waals surface area contributed by atoms with Gasteiger partial charge in [-0.3, -0.25) is 0 Å². The van der Waals surface area contributed by atoms with Crippen molar-refractivity contribution >= 4 is 70.7 Å². The summed E-state index contributed by atoms with van der Waals surface area (Å²) in [5, 5.41) is 4.97. The Balaban J connectivity index is 1.03. The van der Waals surface area contributed by atoms with Crippen molar-refractivity contribution in [1.29, 1.82) is 0 Å². The predicted octanol–water partition coefficient (Wildman–Crippen LogP) is 16.7. The average Bonchev–Trinajstić information content (AvgIpc) is 3.89. The van der Waals surface area contributed by atoms with Gasteiger partial charge in [-0.25, -0.2) is 0 Å². The van der Waals surface area contributed by atoms with E-state index in [0.717, 1.165) is 28.2 Å². The molecular weight excluding hydrogens is 795 g/mol. The van der Waals surface area contributed by atoms with Crippen LogP contribution >= 0.6 is 10.0 Å². The molecule has 3 nitrogen and oxygen atoms in total. The number of rotatable bonds is 6. The van der Waals surface area contributed by atoms with Crippen LogP contribution in [0.25, 0.3) is 66.1 Å². The van der Waals surface area contributed by atoms with Crippen molar-refractivity contribution in [3.8, 4) is 22.5 Å². The summed E-state index contributed by atoms with van der Waals surface area (Å²) in [6.07, 6.45) is 0. The van der Waals surface area contributed by atoms with E-state index in [4.69, 9.17) is 0 Å². The Morgan fingerprint density at radius 3 is 1.22 bits per heavy atom. The first-order valence-corrected chi connectivity index (χ1v) is 23.6. The van der Waals surface area contributed by atoms with Gasteiger partial charge in [0.05, 0.1) is 44.8 Å². The van der Waals surface area contributed by atoms with Gasteiger partial charge in [0.15, 0.2) is 0 Å². The lowest BCUT2D eigenvalue weighted by molar-refractivity contribution is 1.12. The van der Waals surface area contributed by atoms with Crippen LogP contribution in [0.2, 0.25) is 0 Å². The molecule has 0 saturated heterocycles. The molecule has 302 valence electrons. The zero-order valence-electron chi connectivity index (χ0n) is 34.9. The third kappa shape index (κ3) is 5.24. The van der Waals surface area contributed by atoms with Crippen LogP contribution < -0.4 is 4.90 Å². The van der Waals surface area contributed by atoms with Crippen molar-refractivity contribution in [3.05, 3.63) is 249 Å². The summed E-state index contributed by atoms with van der Waals surface area (Å²) in [6.45, 7) is 0. The average molecular weight is 836 g/mol. The Bertz CT molecular complexity index is 3610. The Hall–Kier alpha value is -8.05. The zero-order chi connectivity index (χ0) is 42.2. The lowest BCUT2D eigenvalue weighted by atomic mass is 9.99. The number of benzene rings is 10. The monoisotopic (exact) mass is 835 g/mol. The molecule has 0 spiro atoms. The summed E-state index contributed by atoms with van der Waals surface area (Å²) in [4.78, 5) is 7.84. The Morgan fingerprint density at radius 2 is 0.656 bits per heavy atom. The maximum atomic E-state index is 2.53. The van der Waals surface area contributed by atoms with E-state index >= 15 is 0 Å². The van der Waals surface area contributed by atoms with Crippen LogP contribution in [-0.2, 0) is 0 Å². The van der Waals surface area contributed by atoms with Gasteiger partial charge in [-0.15, -0.1) is 10.0 Å². The molecule has 0 bridgehead atoms. The van der Waals surface area contributed by atoms with Crippen molar-refractivity contribution in [1.82, 2.24) is 9.13 Å². The molecule has 13 rings (SSSR count). The Morgan fingerprint density at radius 1 is 0.266 bits per heavy atom. The summed E-state index contributed by atoms with van der Waals surface area (Å²) in [5.74, 6) is 0. The number of hydrogen-bond acceptors (Lipinski definition) is 1. The van der Waals surface area contributed by atoms with Gasteiger partial charge in [0.25, 0.3) is 0 Å². The molecule has 4 heteroatoms. The van der Waals surface area contributed by atoms with Crippen molar-refractivity contribution in [3.63, 3.8) is 0 Å². The second-order valence-corrected chi connectivity index (χ2v) is 19.5. The lowest BCUT2D eigenvalue weighted by Crippen LogP contribution is -2.22. The van der Waals surface area contributed by atoms with Gasteiger partial charge >= 0.3 is 0 Å². The predicted molar refractivity (Wildman–Crippen MR) is 269 cm³/mol. The van der Waals surface area contributed by atoms with Gasteiger partial charge < -0.3 is 14.0 Å². The fourth-order valence-electron chi connectivity index (χ4n) is 10.6. The van der Waals surface area contributed by atoms with Crippen molar-refractivity contribution < 1.29 is 0 Å². The largest absolute Gasteiger partial charge is 0.309 e. The molecule has 0 fully saturated rings. The molecule has 0 N–H and O–H groups in total. The highest BCUT2D eigenvalue weighted by Gasteiger charge is 2.42. The molecule has 10 aromatic carbocycles. The van der Waals surface area contributed by atoms with Crippen LogP contribution in [0, 0.1) is 0 Å². The molecular formula is C60H41N3S. The number of aromatic nitrogens is 2. The molecule has 3 heterocycles. The minimum Gasteiger partial charge on any atom is -0.309 e. The van der Waals surface area contributed by atoms with Gasteiger partial charge in [-0.05, 0) is 97.1 Å². The van der Waals surface area contributed by atoms with Gasteiger partial charge in [0, 0.05) is 57.9 Å². The lowest BCUT2D eigenvalue weighted by Gasteiger charge is -2.50. The molecule has 0 radical (unpaired) electrons. The molecule has 64 heavy (non-hydrogen) atoms. The fraction of sp³-hybridized carbons (Fsp3) is 0. The topological polar surface area (TPSA) is 13.1 Å². The van der Waals surface area contributed by atoms with E-state index < -0.39 is 10.0 Å². The minimum atomic E-state index is -1.88. The van der Waals surface area contributed by atoms with E-state index in [0.29, 0.717) is 0 Å². The number of para-hydroxylation sites is 7. The van der Waals surface area contributed by atoms with Crippen LogP contribution in [0.15, 0.2) is 268 Å². The summed E-state index contributed by atoms with van der Waals surface area (Å²) in [6, 6.07) is 91.8. The van der Waals surface area contributed by atoms with Crippen molar-refractivity contribution in [2.24, 2.45) is 0 Å². The van der Waals surface area contributed by atoms with E-state index in [1.54, 1.807) is 0 Å². The molecule has 0 atom stereocenters. The summed E-state index contributed by atoms with van der Waals surface area (Å²) < 4.78 is 4.89. The molecule has 2 aromatic heterocycles. The summed E-state index contributed by atoms with van der Waals surface area (Å²) in [7, 11) is -1.88. The molecule has 1 aliphatic heterocycles. The van der Waals surface area contributed by atoms with Gasteiger partial charge in [-0.2, -0.15) is 0 Å². The van der Waals surface area contributed by atoms with Crippen LogP contribution in [0.5, 0.6) is 0 Å². The van der Waals surface area contributed by atoms with Gasteiger partial charge in [-0.1, -0.05) is 152 Å². The molecule has 0 aliphatic carbocycles. The normalized spacial score (nSPS) is 13.6. The number of fused-ring (bicyclic) bond motifs is 8. The van der Waals surface area contributed by atoms with E-state index in [9.17, 15) is 0 Å². The molecule has 12 aromatic rings. The maximum absolute atomic E-state index is 2.53. The quantitative estimate of drug-likeness (QED) is 0.163. The smallest absolute Gasteiger partial charge is 0.0592 e. The highest BCUT2D eigenvalue weighted by atomic mass is 32.3. The zero-order valence-corrected chi connectivity index (χ0v) is 35.7. The van der Waals surface area contributed by atoms with E-state index in [2.05, 4.69) is 263 Å². The number of anilines is 3. The molecule has 1 aliphatic rings. The number of nitrogens with zero attached hydrogens (tertiary/aromatic N) is 3. The number of hydrogen-bond donors (Lipinski definition) is 0. The standard InChI is InChI=1S/C60H41N3S/c1-3-21-43(22-4-1)64(44-23-5-2-6-24-44)59-37-19-17-35-57(59)63(58-36-18-20-38-60(58)64)54-33-15-10-28-48(54)47-27-9-14-32-53(47)62-55-34-16-11-29-49(55)50-41-42(39-40-56(50)62)61-51-30-12-7-25-45(51)46-26-8-13-31-52(46)61/h1-41H. The minimum absolute atomic E-state index is 1.14. The third-order valence-electron chi connectivity index (χ3n) is 13.1. The third-order valence-corrected chi connectivity index (χ3v) is 17.1. The molecule has 0 amide bonds. The van der Waals surface area contributed by atoms with Crippen molar-refractivity contribution in [2.45, 2.75) is 19.6 Å². The summed E-state index contributed by atoms with van der Waals surface area (Å²) >= 11 is 0. The van der Waals surface area contributed by atoms with Crippen LogP contribution in [0.3, 0.4) is 0 Å². The van der Waals surface area contributed by atoms with Gasteiger partial charge in [0.2, 0.25) is 0 Å². The fourth-order valence-corrected chi connectivity index (χ4v) is 14.7. The van der Waals surface area contributed by atoms with E-state index in [1.165, 1.54) is 74.6 Å². The van der Waals surface area contributed by atoms with Crippen molar-refractivity contribution in [2.75, 3.05) is 4.90 Å². The van der Waals surface area contributed by atoms with Crippen LogP contribution in [0.4, 0.5) is 17.1 Å². The second-order valence-electron chi connectivity index (χ2n) is 16.5. The van der Waals surface area contributed by atoms with Crippen LogP contribution in [-0.4, -0.2) is 9.13 Å². The Labute approximate surface area is 373 Å². The highest BCUT2D eigenvalue weighted by Crippen LogP contribution is 2.79. The molecule has 0 saturated carbocycles. The van der Waals surface area contributed by atoms with Gasteiger partial charge in [0.1, 0.15) is 0 Å². The first-order valence-electron chi connectivity index (χ1n) is 21.9. The first kappa shape index (κ1) is 36.6. The Kier molecular flexibility index (Phi) is 8.30.